The number of hydrogen-bond acceptors (Lipinski definition) is 3. The zero-order chi connectivity index (χ0) is 23.6. The van der Waals surface area contributed by atoms with Gasteiger partial charge in [0.2, 0.25) is 11.8 Å². The van der Waals surface area contributed by atoms with Crippen molar-refractivity contribution in [3.63, 3.8) is 0 Å². The first-order valence-electron chi connectivity index (χ1n) is 11.6. The van der Waals surface area contributed by atoms with Crippen molar-refractivity contribution in [2.75, 3.05) is 6.61 Å². The van der Waals surface area contributed by atoms with Crippen LogP contribution in [0.2, 0.25) is 5.02 Å². The third-order valence-electron chi connectivity index (χ3n) is 6.00. The molecule has 1 saturated carbocycles. The smallest absolute Gasteiger partial charge is 0.242 e. The minimum atomic E-state index is -0.541. The summed E-state index contributed by atoms with van der Waals surface area (Å²) in [7, 11) is 0. The van der Waals surface area contributed by atoms with Crippen molar-refractivity contribution in [1.29, 1.82) is 0 Å². The second-order valence-corrected chi connectivity index (χ2v) is 9.93. The van der Waals surface area contributed by atoms with Gasteiger partial charge in [-0.1, -0.05) is 58.9 Å². The Hall–Kier alpha value is -2.05. The lowest BCUT2D eigenvalue weighted by Gasteiger charge is -2.31. The van der Waals surface area contributed by atoms with Crippen LogP contribution in [0.4, 0.5) is 0 Å². The first-order chi connectivity index (χ1) is 15.9. The SMILES string of the molecule is C[C@H](C(=O)NC1CCCCC1)N(Cc1ccc(Br)cc1)C(=O)CCCOc1ccc(Cl)cc1. The molecule has 2 aromatic carbocycles. The number of nitrogens with zero attached hydrogens (tertiary/aromatic N) is 1. The van der Waals surface area contributed by atoms with Gasteiger partial charge in [-0.15, -0.1) is 0 Å². The van der Waals surface area contributed by atoms with Crippen molar-refractivity contribution in [3.8, 4) is 5.75 Å². The summed E-state index contributed by atoms with van der Waals surface area (Å²) in [5.41, 5.74) is 0.987. The van der Waals surface area contributed by atoms with Crippen molar-refractivity contribution < 1.29 is 14.3 Å². The van der Waals surface area contributed by atoms with Crippen LogP contribution in [0.5, 0.6) is 5.75 Å². The summed E-state index contributed by atoms with van der Waals surface area (Å²) in [6.07, 6.45) is 6.43. The van der Waals surface area contributed by atoms with Crippen molar-refractivity contribution in [1.82, 2.24) is 10.2 Å². The third kappa shape index (κ3) is 8.35. The van der Waals surface area contributed by atoms with Crippen molar-refractivity contribution in [2.24, 2.45) is 0 Å². The average molecular weight is 536 g/mol. The Balaban J connectivity index is 1.59. The summed E-state index contributed by atoms with van der Waals surface area (Å²) in [5, 5.41) is 3.82. The molecule has 2 aromatic rings. The maximum Gasteiger partial charge on any atom is 0.242 e. The van der Waals surface area contributed by atoms with Crippen LogP contribution in [0.25, 0.3) is 0 Å². The molecule has 1 atom stereocenters. The number of amides is 2. The van der Waals surface area contributed by atoms with E-state index in [-0.39, 0.29) is 17.9 Å². The monoisotopic (exact) mass is 534 g/mol. The average Bonchev–Trinajstić information content (AvgIpc) is 2.82. The van der Waals surface area contributed by atoms with Gasteiger partial charge in [0.25, 0.3) is 0 Å². The number of carbonyl (C=O) groups excluding carboxylic acids is 2. The van der Waals surface area contributed by atoms with E-state index >= 15 is 0 Å². The van der Waals surface area contributed by atoms with E-state index < -0.39 is 6.04 Å². The Morgan fingerprint density at radius 2 is 1.76 bits per heavy atom. The Labute approximate surface area is 210 Å². The Bertz CT molecular complexity index is 899. The molecule has 5 nitrogen and oxygen atoms in total. The van der Waals surface area contributed by atoms with E-state index in [0.29, 0.717) is 31.0 Å². The first-order valence-corrected chi connectivity index (χ1v) is 12.8. The number of ether oxygens (including phenoxy) is 1. The van der Waals surface area contributed by atoms with Gasteiger partial charge in [0.15, 0.2) is 0 Å². The maximum absolute atomic E-state index is 13.2. The molecule has 0 spiro atoms. The van der Waals surface area contributed by atoms with Crippen LogP contribution in [0, 0.1) is 0 Å². The van der Waals surface area contributed by atoms with Crippen LogP contribution in [0.1, 0.15) is 57.4 Å². The predicted molar refractivity (Wildman–Crippen MR) is 135 cm³/mol. The van der Waals surface area contributed by atoms with E-state index in [1.807, 2.05) is 43.3 Å². The van der Waals surface area contributed by atoms with Gasteiger partial charge in [0.1, 0.15) is 11.8 Å². The topological polar surface area (TPSA) is 58.6 Å². The summed E-state index contributed by atoms with van der Waals surface area (Å²) in [4.78, 5) is 27.9. The number of nitrogens with one attached hydrogen (secondary N) is 1. The largest absolute Gasteiger partial charge is 0.494 e. The van der Waals surface area contributed by atoms with Gasteiger partial charge in [-0.3, -0.25) is 9.59 Å². The van der Waals surface area contributed by atoms with Crippen LogP contribution in [0.3, 0.4) is 0 Å². The molecule has 1 aliphatic carbocycles. The molecule has 1 aliphatic rings. The molecule has 0 radical (unpaired) electrons. The highest BCUT2D eigenvalue weighted by Gasteiger charge is 2.27. The van der Waals surface area contributed by atoms with Gasteiger partial charge in [0, 0.05) is 28.5 Å². The van der Waals surface area contributed by atoms with Crippen LogP contribution < -0.4 is 10.1 Å². The molecule has 0 bridgehead atoms. The summed E-state index contributed by atoms with van der Waals surface area (Å²) < 4.78 is 6.70. The molecule has 0 aromatic heterocycles. The Kier molecular flexibility index (Phi) is 10.1. The van der Waals surface area contributed by atoms with E-state index in [0.717, 1.165) is 41.5 Å². The number of hydrogen-bond donors (Lipinski definition) is 1. The lowest BCUT2D eigenvalue weighted by molar-refractivity contribution is -0.141. The second-order valence-electron chi connectivity index (χ2n) is 8.57. The normalized spacial score (nSPS) is 15.0. The Morgan fingerprint density at radius 1 is 1.09 bits per heavy atom. The van der Waals surface area contributed by atoms with Gasteiger partial charge in [-0.25, -0.2) is 0 Å². The highest BCUT2D eigenvalue weighted by atomic mass is 79.9. The highest BCUT2D eigenvalue weighted by Crippen LogP contribution is 2.20. The lowest BCUT2D eigenvalue weighted by Crippen LogP contribution is -2.50. The zero-order valence-electron chi connectivity index (χ0n) is 19.1. The van der Waals surface area contributed by atoms with Crippen molar-refractivity contribution in [3.05, 3.63) is 63.6 Å². The van der Waals surface area contributed by atoms with Gasteiger partial charge in [-0.05, 0) is 68.1 Å². The molecule has 0 saturated heterocycles. The third-order valence-corrected chi connectivity index (χ3v) is 6.78. The first kappa shape index (κ1) is 25.6. The molecule has 7 heteroatoms. The number of carbonyl (C=O) groups is 2. The van der Waals surface area contributed by atoms with Gasteiger partial charge in [0.05, 0.1) is 6.61 Å². The van der Waals surface area contributed by atoms with Gasteiger partial charge >= 0.3 is 0 Å². The maximum atomic E-state index is 13.2. The fourth-order valence-corrected chi connectivity index (χ4v) is 4.42. The molecule has 33 heavy (non-hydrogen) atoms. The van der Waals surface area contributed by atoms with Crippen LogP contribution in [-0.2, 0) is 16.1 Å². The van der Waals surface area contributed by atoms with Gasteiger partial charge < -0.3 is 15.0 Å². The molecule has 1 fully saturated rings. The molecule has 3 rings (SSSR count). The van der Waals surface area contributed by atoms with Gasteiger partial charge in [-0.2, -0.15) is 0 Å². The van der Waals surface area contributed by atoms with E-state index in [4.69, 9.17) is 16.3 Å². The predicted octanol–water partition coefficient (Wildman–Crippen LogP) is 6.13. The number of rotatable bonds is 10. The summed E-state index contributed by atoms with van der Waals surface area (Å²) in [5.74, 6) is 0.590. The molecule has 2 amide bonds. The molecule has 0 heterocycles. The fourth-order valence-electron chi connectivity index (χ4n) is 4.03. The summed E-state index contributed by atoms with van der Waals surface area (Å²) in [6, 6.07) is 14.7. The minimum Gasteiger partial charge on any atom is -0.494 e. The molecule has 0 unspecified atom stereocenters. The molecule has 0 aliphatic heterocycles. The number of benzene rings is 2. The quantitative estimate of drug-likeness (QED) is 0.373. The second kappa shape index (κ2) is 13.0. The molecular formula is C26H32BrClN2O3. The van der Waals surface area contributed by atoms with E-state index in [1.54, 1.807) is 17.0 Å². The standard InChI is InChI=1S/C26H32BrClN2O3/c1-19(26(32)29-23-6-3-2-4-7-23)30(18-20-9-11-21(27)12-10-20)25(31)8-5-17-33-24-15-13-22(28)14-16-24/h9-16,19,23H,2-8,17-18H2,1H3,(H,29,32)/t19-/m1/s1. The summed E-state index contributed by atoms with van der Waals surface area (Å²) in [6.45, 7) is 2.63. The van der Waals surface area contributed by atoms with Crippen LogP contribution >= 0.6 is 27.5 Å². The van der Waals surface area contributed by atoms with E-state index in [9.17, 15) is 9.59 Å². The van der Waals surface area contributed by atoms with E-state index in [1.165, 1.54) is 6.42 Å². The van der Waals surface area contributed by atoms with Crippen LogP contribution in [0.15, 0.2) is 53.0 Å². The van der Waals surface area contributed by atoms with Crippen molar-refractivity contribution >= 4 is 39.3 Å². The number of halogens is 2. The van der Waals surface area contributed by atoms with Crippen molar-refractivity contribution in [2.45, 2.75) is 70.5 Å². The molecule has 1 N–H and O–H groups in total. The van der Waals surface area contributed by atoms with Crippen LogP contribution in [-0.4, -0.2) is 35.4 Å². The zero-order valence-corrected chi connectivity index (χ0v) is 21.4. The fraction of sp³-hybridized carbons (Fsp3) is 0.462. The summed E-state index contributed by atoms with van der Waals surface area (Å²) >= 11 is 9.35. The Morgan fingerprint density at radius 3 is 2.42 bits per heavy atom. The molecule has 178 valence electrons. The highest BCUT2D eigenvalue weighted by molar-refractivity contribution is 9.10. The minimum absolute atomic E-state index is 0.0519. The van der Waals surface area contributed by atoms with E-state index in [2.05, 4.69) is 21.2 Å². The lowest BCUT2D eigenvalue weighted by atomic mass is 9.95. The molecular weight excluding hydrogens is 504 g/mol.